The molecule has 2 aromatic carbocycles. The number of nitrogens with one attached hydrogen (secondary N) is 3. The first-order valence-corrected chi connectivity index (χ1v) is 9.39. The van der Waals surface area contributed by atoms with Crippen LogP contribution in [0.25, 0.3) is 0 Å². The molecule has 0 fully saturated rings. The molecule has 0 saturated heterocycles. The van der Waals surface area contributed by atoms with Gasteiger partial charge in [-0.2, -0.15) is 4.98 Å². The zero-order chi connectivity index (χ0) is 20.6. The van der Waals surface area contributed by atoms with Gasteiger partial charge in [0.2, 0.25) is 5.95 Å². The third-order valence-corrected chi connectivity index (χ3v) is 4.22. The Labute approximate surface area is 170 Å². The Hall–Kier alpha value is -3.61. The van der Waals surface area contributed by atoms with Crippen molar-refractivity contribution in [3.8, 4) is 5.75 Å². The minimum Gasteiger partial charge on any atom is -0.497 e. The van der Waals surface area contributed by atoms with E-state index in [1.54, 1.807) is 7.11 Å². The van der Waals surface area contributed by atoms with E-state index in [2.05, 4.69) is 25.9 Å². The van der Waals surface area contributed by atoms with E-state index in [-0.39, 0.29) is 5.91 Å². The lowest BCUT2D eigenvalue weighted by Gasteiger charge is -2.11. The molecule has 3 N–H and O–H groups in total. The van der Waals surface area contributed by atoms with Gasteiger partial charge < -0.3 is 20.7 Å². The first-order chi connectivity index (χ1) is 14.0. The van der Waals surface area contributed by atoms with Crippen LogP contribution in [0.4, 0.5) is 17.5 Å². The Morgan fingerprint density at radius 1 is 0.966 bits per heavy atom. The van der Waals surface area contributed by atoms with Crippen molar-refractivity contribution in [3.05, 3.63) is 71.4 Å². The predicted octanol–water partition coefficient (Wildman–Crippen LogP) is 3.69. The van der Waals surface area contributed by atoms with Gasteiger partial charge in [0.15, 0.2) is 0 Å². The molecule has 29 heavy (non-hydrogen) atoms. The van der Waals surface area contributed by atoms with Gasteiger partial charge in [-0.1, -0.05) is 17.7 Å². The third-order valence-electron chi connectivity index (χ3n) is 4.22. The predicted molar refractivity (Wildman–Crippen MR) is 115 cm³/mol. The standard InChI is InChI=1S/C22H25N5O2/c1-15-4-6-17(7-5-15)21(28)23-12-13-24-22-25-16(2)14-20(27-22)26-18-8-10-19(29-3)11-9-18/h4-11,14H,12-13H2,1-3H3,(H,23,28)(H2,24,25,26,27). The first kappa shape index (κ1) is 20.1. The van der Waals surface area contributed by atoms with Gasteiger partial charge in [-0.3, -0.25) is 4.79 Å². The minimum absolute atomic E-state index is 0.0983. The second kappa shape index (κ2) is 9.54. The van der Waals surface area contributed by atoms with E-state index < -0.39 is 0 Å². The molecule has 0 bridgehead atoms. The number of methoxy groups -OCH3 is 1. The van der Waals surface area contributed by atoms with E-state index >= 15 is 0 Å². The van der Waals surface area contributed by atoms with Crippen molar-refractivity contribution in [1.29, 1.82) is 0 Å². The van der Waals surface area contributed by atoms with Crippen LogP contribution in [0.5, 0.6) is 5.75 Å². The summed E-state index contributed by atoms with van der Waals surface area (Å²) in [4.78, 5) is 21.0. The molecule has 0 aliphatic heterocycles. The molecule has 0 saturated carbocycles. The monoisotopic (exact) mass is 391 g/mol. The van der Waals surface area contributed by atoms with Crippen LogP contribution in [0.3, 0.4) is 0 Å². The van der Waals surface area contributed by atoms with Gasteiger partial charge in [-0.05, 0) is 50.2 Å². The van der Waals surface area contributed by atoms with Gasteiger partial charge in [0, 0.05) is 36.1 Å². The van der Waals surface area contributed by atoms with Crippen molar-refractivity contribution in [2.45, 2.75) is 13.8 Å². The summed E-state index contributed by atoms with van der Waals surface area (Å²) in [6.07, 6.45) is 0. The summed E-state index contributed by atoms with van der Waals surface area (Å²) in [6.45, 7) is 4.88. The van der Waals surface area contributed by atoms with Gasteiger partial charge in [0.1, 0.15) is 11.6 Å². The van der Waals surface area contributed by atoms with Crippen LogP contribution >= 0.6 is 0 Å². The zero-order valence-corrected chi connectivity index (χ0v) is 16.8. The minimum atomic E-state index is -0.0983. The van der Waals surface area contributed by atoms with Crippen LogP contribution in [0.2, 0.25) is 0 Å². The number of nitrogens with zero attached hydrogens (tertiary/aromatic N) is 2. The largest absolute Gasteiger partial charge is 0.497 e. The molecule has 1 heterocycles. The molecule has 0 aliphatic carbocycles. The number of carbonyl (C=O) groups excluding carboxylic acids is 1. The van der Waals surface area contributed by atoms with Gasteiger partial charge in [-0.25, -0.2) is 4.98 Å². The third kappa shape index (κ3) is 5.93. The van der Waals surface area contributed by atoms with E-state index in [1.807, 2.05) is 68.4 Å². The maximum Gasteiger partial charge on any atom is 0.251 e. The molecule has 7 nitrogen and oxygen atoms in total. The maximum atomic E-state index is 12.1. The number of aryl methyl sites for hydroxylation is 2. The molecule has 150 valence electrons. The molecule has 0 unspecified atom stereocenters. The number of benzene rings is 2. The van der Waals surface area contributed by atoms with E-state index in [1.165, 1.54) is 0 Å². The van der Waals surface area contributed by atoms with Crippen LogP contribution < -0.4 is 20.7 Å². The number of ether oxygens (including phenoxy) is 1. The average molecular weight is 391 g/mol. The normalized spacial score (nSPS) is 10.3. The lowest BCUT2D eigenvalue weighted by molar-refractivity contribution is 0.0955. The van der Waals surface area contributed by atoms with Gasteiger partial charge in [0.05, 0.1) is 7.11 Å². The Morgan fingerprint density at radius 3 is 2.38 bits per heavy atom. The van der Waals surface area contributed by atoms with E-state index in [0.717, 1.165) is 22.7 Å². The molecule has 1 amide bonds. The van der Waals surface area contributed by atoms with Crippen LogP contribution in [0.15, 0.2) is 54.6 Å². The molecule has 0 radical (unpaired) electrons. The Morgan fingerprint density at radius 2 is 1.69 bits per heavy atom. The molecule has 0 spiro atoms. The van der Waals surface area contributed by atoms with Crippen molar-refractivity contribution < 1.29 is 9.53 Å². The fraction of sp³-hybridized carbons (Fsp3) is 0.227. The lowest BCUT2D eigenvalue weighted by atomic mass is 10.1. The highest BCUT2D eigenvalue weighted by Gasteiger charge is 2.06. The number of hydrogen-bond donors (Lipinski definition) is 3. The number of hydrogen-bond acceptors (Lipinski definition) is 6. The van der Waals surface area contributed by atoms with Crippen LogP contribution in [0.1, 0.15) is 21.6 Å². The topological polar surface area (TPSA) is 88.2 Å². The molecule has 7 heteroatoms. The van der Waals surface area contributed by atoms with Crippen LogP contribution in [0, 0.1) is 13.8 Å². The quantitative estimate of drug-likeness (QED) is 0.508. The summed E-state index contributed by atoms with van der Waals surface area (Å²) < 4.78 is 5.17. The average Bonchev–Trinajstić information content (AvgIpc) is 2.72. The molecule has 3 rings (SSSR count). The number of amides is 1. The van der Waals surface area contributed by atoms with Gasteiger partial charge >= 0.3 is 0 Å². The molecular formula is C22H25N5O2. The smallest absolute Gasteiger partial charge is 0.251 e. The second-order valence-corrected chi connectivity index (χ2v) is 6.62. The van der Waals surface area contributed by atoms with Crippen molar-refractivity contribution in [3.63, 3.8) is 0 Å². The molecule has 0 aliphatic rings. The van der Waals surface area contributed by atoms with Crippen LogP contribution in [-0.4, -0.2) is 36.1 Å². The van der Waals surface area contributed by atoms with Crippen molar-refractivity contribution >= 4 is 23.4 Å². The number of anilines is 3. The Bertz CT molecular complexity index is 956. The Kier molecular flexibility index (Phi) is 6.63. The summed E-state index contributed by atoms with van der Waals surface area (Å²) >= 11 is 0. The summed E-state index contributed by atoms with van der Waals surface area (Å²) in [5, 5.41) is 9.29. The lowest BCUT2D eigenvalue weighted by Crippen LogP contribution is -2.29. The first-order valence-electron chi connectivity index (χ1n) is 9.39. The number of aromatic nitrogens is 2. The van der Waals surface area contributed by atoms with Crippen molar-refractivity contribution in [2.75, 3.05) is 30.8 Å². The summed E-state index contributed by atoms with van der Waals surface area (Å²) in [5.74, 6) is 1.89. The highest BCUT2D eigenvalue weighted by atomic mass is 16.5. The highest BCUT2D eigenvalue weighted by molar-refractivity contribution is 5.94. The summed E-state index contributed by atoms with van der Waals surface area (Å²) in [5.41, 5.74) is 3.51. The van der Waals surface area contributed by atoms with Crippen molar-refractivity contribution in [2.24, 2.45) is 0 Å². The molecule has 3 aromatic rings. The van der Waals surface area contributed by atoms with E-state index in [9.17, 15) is 4.79 Å². The number of carbonyl (C=O) groups is 1. The van der Waals surface area contributed by atoms with Gasteiger partial charge in [-0.15, -0.1) is 0 Å². The van der Waals surface area contributed by atoms with Crippen molar-refractivity contribution in [1.82, 2.24) is 15.3 Å². The number of rotatable bonds is 8. The SMILES string of the molecule is COc1ccc(Nc2cc(C)nc(NCCNC(=O)c3ccc(C)cc3)n2)cc1. The second-order valence-electron chi connectivity index (χ2n) is 6.62. The maximum absolute atomic E-state index is 12.1. The summed E-state index contributed by atoms with van der Waals surface area (Å²) in [7, 11) is 1.64. The van der Waals surface area contributed by atoms with E-state index in [0.29, 0.717) is 30.4 Å². The summed E-state index contributed by atoms with van der Waals surface area (Å²) in [6, 6.07) is 17.0. The molecule has 0 atom stereocenters. The highest BCUT2D eigenvalue weighted by Crippen LogP contribution is 2.19. The van der Waals surface area contributed by atoms with Gasteiger partial charge in [0.25, 0.3) is 5.91 Å². The van der Waals surface area contributed by atoms with E-state index in [4.69, 9.17) is 4.74 Å². The van der Waals surface area contributed by atoms with Crippen LogP contribution in [-0.2, 0) is 0 Å². The molecule has 1 aromatic heterocycles. The fourth-order valence-corrected chi connectivity index (χ4v) is 2.69. The Balaban J connectivity index is 1.52. The zero-order valence-electron chi connectivity index (χ0n) is 16.8. The molecular weight excluding hydrogens is 366 g/mol. The fourth-order valence-electron chi connectivity index (χ4n) is 2.69.